The maximum Gasteiger partial charge on any atom is 0.124 e. The average molecular weight is 291 g/mol. The zero-order chi connectivity index (χ0) is 15.1. The molecule has 0 heterocycles. The number of hydrogen-bond acceptors (Lipinski definition) is 3. The van der Waals surface area contributed by atoms with Crippen molar-refractivity contribution in [3.8, 4) is 5.75 Å². The molecule has 3 heteroatoms. The van der Waals surface area contributed by atoms with Crippen LogP contribution in [0, 0.1) is 5.92 Å². The minimum atomic E-state index is 0.404. The molecule has 0 amide bonds. The Labute approximate surface area is 129 Å². The van der Waals surface area contributed by atoms with Crippen LogP contribution in [0.25, 0.3) is 0 Å². The molecule has 3 nitrogen and oxygen atoms in total. The Morgan fingerprint density at radius 3 is 2.76 bits per heavy atom. The van der Waals surface area contributed by atoms with Gasteiger partial charge in [-0.05, 0) is 43.0 Å². The summed E-state index contributed by atoms with van der Waals surface area (Å²) in [5, 5.41) is 3.36. The molecule has 0 aromatic heterocycles. The van der Waals surface area contributed by atoms with E-state index in [9.17, 15) is 0 Å². The SMILES string of the molecule is CCNCc1ccc(OC)c(COC2CCCCC2C)c1. The van der Waals surface area contributed by atoms with Crippen LogP contribution in [0.4, 0.5) is 0 Å². The first kappa shape index (κ1) is 16.3. The number of ether oxygens (including phenoxy) is 2. The molecule has 1 N–H and O–H groups in total. The highest BCUT2D eigenvalue weighted by molar-refractivity contribution is 5.36. The number of rotatable bonds is 7. The van der Waals surface area contributed by atoms with Gasteiger partial charge in [0.1, 0.15) is 5.75 Å². The Bertz CT molecular complexity index is 433. The Morgan fingerprint density at radius 2 is 2.05 bits per heavy atom. The lowest BCUT2D eigenvalue weighted by molar-refractivity contribution is -0.0161. The zero-order valence-electron chi connectivity index (χ0n) is 13.7. The quantitative estimate of drug-likeness (QED) is 0.826. The third-order valence-electron chi connectivity index (χ3n) is 4.41. The van der Waals surface area contributed by atoms with Gasteiger partial charge >= 0.3 is 0 Å². The molecule has 1 saturated carbocycles. The molecule has 0 spiro atoms. The summed E-state index contributed by atoms with van der Waals surface area (Å²) in [5.41, 5.74) is 2.44. The maximum atomic E-state index is 6.18. The molecule has 0 bridgehead atoms. The van der Waals surface area contributed by atoms with Gasteiger partial charge in [-0.2, -0.15) is 0 Å². The Balaban J connectivity index is 1.99. The van der Waals surface area contributed by atoms with Gasteiger partial charge in [-0.15, -0.1) is 0 Å². The van der Waals surface area contributed by atoms with Gasteiger partial charge in [0.15, 0.2) is 0 Å². The molecule has 1 fully saturated rings. The van der Waals surface area contributed by atoms with Gasteiger partial charge in [-0.1, -0.05) is 32.8 Å². The van der Waals surface area contributed by atoms with Crippen LogP contribution >= 0.6 is 0 Å². The Morgan fingerprint density at radius 1 is 1.24 bits per heavy atom. The van der Waals surface area contributed by atoms with E-state index < -0.39 is 0 Å². The second-order valence-corrected chi connectivity index (χ2v) is 6.04. The van der Waals surface area contributed by atoms with Gasteiger partial charge in [-0.3, -0.25) is 0 Å². The lowest BCUT2D eigenvalue weighted by Crippen LogP contribution is -2.25. The van der Waals surface area contributed by atoms with Crippen molar-refractivity contribution < 1.29 is 9.47 Å². The fourth-order valence-electron chi connectivity index (χ4n) is 3.05. The van der Waals surface area contributed by atoms with Crippen LogP contribution in [-0.4, -0.2) is 19.8 Å². The predicted octanol–water partition coefficient (Wildman–Crippen LogP) is 3.90. The molecule has 2 unspecified atom stereocenters. The fraction of sp³-hybridized carbons (Fsp3) is 0.667. The Hall–Kier alpha value is -1.06. The number of hydrogen-bond donors (Lipinski definition) is 1. The molecule has 0 saturated heterocycles. The minimum Gasteiger partial charge on any atom is -0.496 e. The highest BCUT2D eigenvalue weighted by atomic mass is 16.5. The van der Waals surface area contributed by atoms with Gasteiger partial charge in [-0.25, -0.2) is 0 Å². The Kier molecular flexibility index (Phi) is 6.52. The van der Waals surface area contributed by atoms with Crippen LogP contribution in [0.2, 0.25) is 0 Å². The van der Waals surface area contributed by atoms with Gasteiger partial charge in [0.25, 0.3) is 0 Å². The summed E-state index contributed by atoms with van der Waals surface area (Å²) in [6.45, 7) is 6.96. The summed E-state index contributed by atoms with van der Waals surface area (Å²) in [6, 6.07) is 6.37. The average Bonchev–Trinajstić information content (AvgIpc) is 2.52. The predicted molar refractivity (Wildman–Crippen MR) is 86.6 cm³/mol. The van der Waals surface area contributed by atoms with Gasteiger partial charge in [0, 0.05) is 12.1 Å². The maximum absolute atomic E-state index is 6.18. The van der Waals surface area contributed by atoms with Crippen LogP contribution in [0.15, 0.2) is 18.2 Å². The van der Waals surface area contributed by atoms with Gasteiger partial charge in [0.05, 0.1) is 19.8 Å². The van der Waals surface area contributed by atoms with Crippen LogP contribution in [-0.2, 0) is 17.9 Å². The first-order valence-electron chi connectivity index (χ1n) is 8.22. The van der Waals surface area contributed by atoms with Crippen molar-refractivity contribution in [3.05, 3.63) is 29.3 Å². The summed E-state index contributed by atoms with van der Waals surface area (Å²) in [6.07, 6.45) is 5.54. The van der Waals surface area contributed by atoms with E-state index in [-0.39, 0.29) is 0 Å². The topological polar surface area (TPSA) is 30.5 Å². The number of nitrogens with one attached hydrogen (secondary N) is 1. The van der Waals surface area contributed by atoms with E-state index in [1.807, 2.05) is 0 Å². The second-order valence-electron chi connectivity index (χ2n) is 6.04. The van der Waals surface area contributed by atoms with E-state index in [2.05, 4.69) is 37.4 Å². The standard InChI is InChI=1S/C18H29NO2/c1-4-19-12-15-9-10-18(20-3)16(11-15)13-21-17-8-6-5-7-14(17)2/h9-11,14,17,19H,4-8,12-13H2,1-3H3. The molecule has 2 rings (SSSR count). The molecule has 118 valence electrons. The normalized spacial score (nSPS) is 22.2. The van der Waals surface area contributed by atoms with Crippen LogP contribution in [0.5, 0.6) is 5.75 Å². The van der Waals surface area contributed by atoms with E-state index in [0.29, 0.717) is 18.6 Å². The monoisotopic (exact) mass is 291 g/mol. The van der Waals surface area contributed by atoms with E-state index in [1.54, 1.807) is 7.11 Å². The summed E-state index contributed by atoms with van der Waals surface area (Å²) in [5.74, 6) is 1.60. The lowest BCUT2D eigenvalue weighted by atomic mass is 9.88. The largest absolute Gasteiger partial charge is 0.496 e. The number of benzene rings is 1. The first-order valence-corrected chi connectivity index (χ1v) is 8.22. The first-order chi connectivity index (χ1) is 10.2. The molecular weight excluding hydrogens is 262 g/mol. The molecule has 1 aromatic rings. The van der Waals surface area contributed by atoms with Crippen molar-refractivity contribution in [1.82, 2.24) is 5.32 Å². The van der Waals surface area contributed by atoms with Crippen molar-refractivity contribution in [3.63, 3.8) is 0 Å². The second kappa shape index (κ2) is 8.40. The molecule has 0 radical (unpaired) electrons. The molecular formula is C18H29NO2. The fourth-order valence-corrected chi connectivity index (χ4v) is 3.05. The lowest BCUT2D eigenvalue weighted by Gasteiger charge is -2.29. The number of methoxy groups -OCH3 is 1. The van der Waals surface area contributed by atoms with Crippen LogP contribution in [0.1, 0.15) is 50.7 Å². The molecule has 1 aliphatic rings. The molecule has 0 aliphatic heterocycles. The minimum absolute atomic E-state index is 0.404. The molecule has 1 aromatic carbocycles. The highest BCUT2D eigenvalue weighted by Crippen LogP contribution is 2.28. The summed E-state index contributed by atoms with van der Waals surface area (Å²) in [7, 11) is 1.73. The smallest absolute Gasteiger partial charge is 0.124 e. The van der Waals surface area contributed by atoms with Gasteiger partial charge < -0.3 is 14.8 Å². The third-order valence-corrected chi connectivity index (χ3v) is 4.41. The van der Waals surface area contributed by atoms with E-state index in [4.69, 9.17) is 9.47 Å². The third kappa shape index (κ3) is 4.72. The highest BCUT2D eigenvalue weighted by Gasteiger charge is 2.22. The summed E-state index contributed by atoms with van der Waals surface area (Å²) >= 11 is 0. The molecule has 1 aliphatic carbocycles. The van der Waals surface area contributed by atoms with Crippen molar-refractivity contribution in [2.75, 3.05) is 13.7 Å². The van der Waals surface area contributed by atoms with Crippen molar-refractivity contribution in [2.24, 2.45) is 5.92 Å². The zero-order valence-corrected chi connectivity index (χ0v) is 13.7. The van der Waals surface area contributed by atoms with Crippen molar-refractivity contribution in [2.45, 2.75) is 58.8 Å². The molecule has 21 heavy (non-hydrogen) atoms. The summed E-state index contributed by atoms with van der Waals surface area (Å²) < 4.78 is 11.7. The van der Waals surface area contributed by atoms with Crippen molar-refractivity contribution >= 4 is 0 Å². The van der Waals surface area contributed by atoms with Gasteiger partial charge in [0.2, 0.25) is 0 Å². The van der Waals surface area contributed by atoms with Crippen LogP contribution in [0.3, 0.4) is 0 Å². The molecule has 2 atom stereocenters. The van der Waals surface area contributed by atoms with Crippen LogP contribution < -0.4 is 10.1 Å². The summed E-state index contributed by atoms with van der Waals surface area (Å²) in [4.78, 5) is 0. The van der Waals surface area contributed by atoms with E-state index in [1.165, 1.54) is 31.2 Å². The van der Waals surface area contributed by atoms with E-state index >= 15 is 0 Å². The van der Waals surface area contributed by atoms with Crippen molar-refractivity contribution in [1.29, 1.82) is 0 Å². The van der Waals surface area contributed by atoms with E-state index in [0.717, 1.165) is 24.4 Å².